The predicted molar refractivity (Wildman–Crippen MR) is 95.0 cm³/mol. The molecule has 0 saturated heterocycles. The Morgan fingerprint density at radius 1 is 1.28 bits per heavy atom. The Morgan fingerprint density at radius 2 is 2.00 bits per heavy atom. The molecular weight excluding hydrogens is 345 g/mol. The van der Waals surface area contributed by atoms with Gasteiger partial charge in [-0.25, -0.2) is 9.18 Å². The number of methoxy groups -OCH3 is 1. The van der Waals surface area contributed by atoms with Crippen molar-refractivity contribution >= 4 is 28.2 Å². The summed E-state index contributed by atoms with van der Waals surface area (Å²) in [5.74, 6) is -1.20. The molecule has 0 unspecified atom stereocenters. The van der Waals surface area contributed by atoms with Gasteiger partial charge in [-0.1, -0.05) is 6.07 Å². The number of nitrogens with one attached hydrogen (secondary N) is 1. The van der Waals surface area contributed by atoms with Crippen molar-refractivity contribution in [3.63, 3.8) is 0 Å². The van der Waals surface area contributed by atoms with Crippen LogP contribution in [0, 0.1) is 19.7 Å². The van der Waals surface area contributed by atoms with Crippen molar-refractivity contribution in [1.29, 1.82) is 0 Å². The summed E-state index contributed by atoms with van der Waals surface area (Å²) in [6.07, 6.45) is -0.0147. The zero-order valence-corrected chi connectivity index (χ0v) is 15.4. The van der Waals surface area contributed by atoms with Crippen molar-refractivity contribution in [2.24, 2.45) is 0 Å². The molecule has 0 fully saturated rings. The Bertz CT molecular complexity index is 801. The highest BCUT2D eigenvalue weighted by molar-refractivity contribution is 7.16. The zero-order valence-electron chi connectivity index (χ0n) is 14.6. The quantitative estimate of drug-likeness (QED) is 0.789. The lowest BCUT2D eigenvalue weighted by Gasteiger charge is -2.08. The molecule has 1 N–H and O–H groups in total. The van der Waals surface area contributed by atoms with Crippen LogP contribution in [-0.2, 0) is 16.0 Å². The molecule has 25 heavy (non-hydrogen) atoms. The van der Waals surface area contributed by atoms with Gasteiger partial charge in [0.05, 0.1) is 25.7 Å². The van der Waals surface area contributed by atoms with Crippen LogP contribution in [0.1, 0.15) is 33.3 Å². The molecule has 0 bridgehead atoms. The van der Waals surface area contributed by atoms with Gasteiger partial charge in [0.15, 0.2) is 11.6 Å². The van der Waals surface area contributed by atoms with Gasteiger partial charge >= 0.3 is 5.97 Å². The minimum Gasteiger partial charge on any atom is -0.494 e. The fourth-order valence-electron chi connectivity index (χ4n) is 2.34. The largest absolute Gasteiger partial charge is 0.494 e. The van der Waals surface area contributed by atoms with Gasteiger partial charge in [-0.05, 0) is 44.0 Å². The molecule has 1 heterocycles. The van der Waals surface area contributed by atoms with Gasteiger partial charge in [-0.15, -0.1) is 11.3 Å². The Morgan fingerprint density at radius 3 is 2.60 bits per heavy atom. The van der Waals surface area contributed by atoms with E-state index in [1.807, 2.05) is 13.8 Å². The minimum absolute atomic E-state index is 0.0147. The van der Waals surface area contributed by atoms with Gasteiger partial charge in [0, 0.05) is 4.88 Å². The number of anilines is 1. The van der Waals surface area contributed by atoms with E-state index in [1.165, 1.54) is 30.6 Å². The maximum Gasteiger partial charge on any atom is 0.341 e. The van der Waals surface area contributed by atoms with Crippen molar-refractivity contribution in [3.8, 4) is 5.75 Å². The number of aryl methyl sites for hydroxylation is 1. The van der Waals surface area contributed by atoms with Crippen molar-refractivity contribution in [3.05, 3.63) is 45.6 Å². The summed E-state index contributed by atoms with van der Waals surface area (Å²) >= 11 is 1.32. The molecule has 0 spiro atoms. The molecule has 134 valence electrons. The van der Waals surface area contributed by atoms with Crippen LogP contribution < -0.4 is 10.1 Å². The minimum atomic E-state index is -0.525. The van der Waals surface area contributed by atoms with Gasteiger partial charge in [0.1, 0.15) is 5.00 Å². The lowest BCUT2D eigenvalue weighted by molar-refractivity contribution is -0.115. The molecule has 0 aliphatic carbocycles. The van der Waals surface area contributed by atoms with Crippen LogP contribution >= 0.6 is 11.3 Å². The molecule has 1 amide bonds. The Labute approximate surface area is 149 Å². The number of benzene rings is 1. The highest BCUT2D eigenvalue weighted by Gasteiger charge is 2.22. The van der Waals surface area contributed by atoms with Crippen molar-refractivity contribution in [1.82, 2.24) is 0 Å². The first kappa shape index (κ1) is 18.9. The van der Waals surface area contributed by atoms with E-state index in [2.05, 4.69) is 5.32 Å². The third-order valence-electron chi connectivity index (χ3n) is 3.70. The van der Waals surface area contributed by atoms with Crippen molar-refractivity contribution in [2.45, 2.75) is 27.2 Å². The van der Waals surface area contributed by atoms with Gasteiger partial charge in [-0.2, -0.15) is 0 Å². The number of thiophene rings is 1. The van der Waals surface area contributed by atoms with E-state index in [-0.39, 0.29) is 24.7 Å². The normalized spacial score (nSPS) is 10.4. The van der Waals surface area contributed by atoms with E-state index >= 15 is 0 Å². The smallest absolute Gasteiger partial charge is 0.341 e. The van der Waals surface area contributed by atoms with Crippen LogP contribution in [0.5, 0.6) is 5.75 Å². The highest BCUT2D eigenvalue weighted by atomic mass is 32.1. The summed E-state index contributed by atoms with van der Waals surface area (Å²) in [7, 11) is 1.38. The van der Waals surface area contributed by atoms with Crippen molar-refractivity contribution in [2.75, 3.05) is 19.0 Å². The SMILES string of the molecule is CCOC(=O)c1c(NC(=O)Cc2ccc(OC)c(F)c2)sc(C)c1C. The molecule has 0 radical (unpaired) electrons. The number of hydrogen-bond acceptors (Lipinski definition) is 5. The van der Waals surface area contributed by atoms with Crippen LogP contribution in [0.15, 0.2) is 18.2 Å². The van der Waals surface area contributed by atoms with Crippen LogP contribution in [0.3, 0.4) is 0 Å². The van der Waals surface area contributed by atoms with Crippen LogP contribution in [0.2, 0.25) is 0 Å². The molecule has 1 aromatic heterocycles. The predicted octanol–water partition coefficient (Wildman–Crippen LogP) is 3.87. The van der Waals surface area contributed by atoms with Gasteiger partial charge < -0.3 is 14.8 Å². The number of esters is 1. The molecule has 0 atom stereocenters. The zero-order chi connectivity index (χ0) is 18.6. The molecule has 2 aromatic rings. The number of hydrogen-bond donors (Lipinski definition) is 1. The molecule has 0 aliphatic rings. The van der Waals surface area contributed by atoms with Gasteiger partial charge in [-0.3, -0.25) is 4.79 Å². The molecule has 1 aromatic carbocycles. The number of halogens is 1. The van der Waals surface area contributed by atoms with Crippen LogP contribution in [0.25, 0.3) is 0 Å². The molecule has 7 heteroatoms. The number of rotatable bonds is 6. The van der Waals surface area contributed by atoms with Crippen molar-refractivity contribution < 1.29 is 23.5 Å². The number of amides is 1. The maximum atomic E-state index is 13.7. The van der Waals surface area contributed by atoms with E-state index in [0.29, 0.717) is 16.1 Å². The highest BCUT2D eigenvalue weighted by Crippen LogP contribution is 2.33. The lowest BCUT2D eigenvalue weighted by atomic mass is 10.1. The second-order valence-electron chi connectivity index (χ2n) is 5.40. The second-order valence-corrected chi connectivity index (χ2v) is 6.63. The third kappa shape index (κ3) is 4.36. The number of carbonyl (C=O) groups is 2. The first-order valence-corrected chi connectivity index (χ1v) is 8.58. The third-order valence-corrected chi connectivity index (χ3v) is 4.82. The Balaban J connectivity index is 2.17. The van der Waals surface area contributed by atoms with Crippen LogP contribution in [0.4, 0.5) is 9.39 Å². The summed E-state index contributed by atoms with van der Waals surface area (Å²) in [6.45, 7) is 5.67. The average Bonchev–Trinajstić information content (AvgIpc) is 2.81. The van der Waals surface area contributed by atoms with E-state index < -0.39 is 11.8 Å². The lowest BCUT2D eigenvalue weighted by Crippen LogP contribution is -2.16. The summed E-state index contributed by atoms with van der Waals surface area (Å²) in [6, 6.07) is 4.36. The summed E-state index contributed by atoms with van der Waals surface area (Å²) in [5, 5.41) is 3.18. The summed E-state index contributed by atoms with van der Waals surface area (Å²) in [5.41, 5.74) is 1.67. The topological polar surface area (TPSA) is 64.6 Å². The fourth-order valence-corrected chi connectivity index (χ4v) is 3.40. The van der Waals surface area contributed by atoms with E-state index in [1.54, 1.807) is 13.0 Å². The fraction of sp³-hybridized carbons (Fsp3) is 0.333. The Kier molecular flexibility index (Phi) is 6.14. The molecule has 2 rings (SSSR count). The number of carbonyl (C=O) groups excluding carboxylic acids is 2. The van der Waals surface area contributed by atoms with Gasteiger partial charge in [0.2, 0.25) is 5.91 Å². The maximum absolute atomic E-state index is 13.7. The molecule has 5 nitrogen and oxygen atoms in total. The molecular formula is C18H20FNO4S. The average molecular weight is 365 g/mol. The molecule has 0 aliphatic heterocycles. The van der Waals surface area contributed by atoms with E-state index in [9.17, 15) is 14.0 Å². The number of ether oxygens (including phenoxy) is 2. The first-order valence-electron chi connectivity index (χ1n) is 7.76. The Hall–Kier alpha value is -2.41. The van der Waals surface area contributed by atoms with Gasteiger partial charge in [0.25, 0.3) is 0 Å². The summed E-state index contributed by atoms with van der Waals surface area (Å²) in [4.78, 5) is 25.3. The second kappa shape index (κ2) is 8.11. The van der Waals surface area contributed by atoms with E-state index in [0.717, 1.165) is 10.4 Å². The van der Waals surface area contributed by atoms with Crippen LogP contribution in [-0.4, -0.2) is 25.6 Å². The summed E-state index contributed by atoms with van der Waals surface area (Å²) < 4.78 is 23.6. The molecule has 0 saturated carbocycles. The standard InChI is InChI=1S/C18H20FNO4S/c1-5-24-18(22)16-10(2)11(3)25-17(16)20-15(21)9-12-6-7-14(23-4)13(19)8-12/h6-8H,5,9H2,1-4H3,(H,20,21). The first-order chi connectivity index (χ1) is 11.9. The monoisotopic (exact) mass is 365 g/mol. The van der Waals surface area contributed by atoms with E-state index in [4.69, 9.17) is 9.47 Å².